The molecule has 0 aliphatic rings. The number of hydrogen-bond acceptors (Lipinski definition) is 4. The lowest BCUT2D eigenvalue weighted by Gasteiger charge is -2.12. The summed E-state index contributed by atoms with van der Waals surface area (Å²) in [4.78, 5) is 16.0. The molecule has 0 radical (unpaired) electrons. The van der Waals surface area contributed by atoms with E-state index >= 15 is 0 Å². The average molecular weight is 532 g/mol. The van der Waals surface area contributed by atoms with E-state index in [1.807, 2.05) is 0 Å². The number of pyridine rings is 1. The van der Waals surface area contributed by atoms with Gasteiger partial charge in [0.05, 0.1) is 33.6 Å². The Kier molecular flexibility index (Phi) is 8.06. The minimum atomic E-state index is -4.59. The first-order valence-corrected chi connectivity index (χ1v) is 12.2. The van der Waals surface area contributed by atoms with Crippen LogP contribution in [0.1, 0.15) is 27.2 Å². The molecule has 3 rings (SSSR count). The summed E-state index contributed by atoms with van der Waals surface area (Å²) in [7, 11) is -3.73. The number of benzene rings is 2. The molecule has 0 fully saturated rings. The molecule has 1 aromatic heterocycles. The van der Waals surface area contributed by atoms with Gasteiger partial charge in [0, 0.05) is 17.4 Å². The molecule has 0 unspecified atom stereocenters. The van der Waals surface area contributed by atoms with Gasteiger partial charge in [-0.2, -0.15) is 13.2 Å². The fourth-order valence-corrected chi connectivity index (χ4v) is 4.51. The Morgan fingerprint density at radius 2 is 1.71 bits per heavy atom. The second kappa shape index (κ2) is 10.6. The van der Waals surface area contributed by atoms with Crippen LogP contribution in [0.25, 0.3) is 0 Å². The van der Waals surface area contributed by atoms with Crippen molar-refractivity contribution < 1.29 is 26.4 Å². The lowest BCUT2D eigenvalue weighted by Crippen LogP contribution is -2.25. The van der Waals surface area contributed by atoms with Gasteiger partial charge < -0.3 is 5.32 Å². The maximum absolute atomic E-state index is 13.0. The van der Waals surface area contributed by atoms with E-state index in [1.54, 1.807) is 18.2 Å². The Morgan fingerprint density at radius 3 is 2.38 bits per heavy atom. The van der Waals surface area contributed by atoms with Gasteiger partial charge in [0.25, 0.3) is 5.91 Å². The third-order valence-corrected chi connectivity index (χ3v) is 6.85. The lowest BCUT2D eigenvalue weighted by atomic mass is 10.1. The average Bonchev–Trinajstić information content (AvgIpc) is 2.78. The summed E-state index contributed by atoms with van der Waals surface area (Å²) < 4.78 is 66.3. The highest BCUT2D eigenvalue weighted by molar-refractivity contribution is 7.92. The van der Waals surface area contributed by atoms with Gasteiger partial charge in [0.15, 0.2) is 0 Å². The van der Waals surface area contributed by atoms with Crippen molar-refractivity contribution in [1.82, 2.24) is 10.3 Å². The highest BCUT2D eigenvalue weighted by atomic mass is 35.5. The zero-order valence-electron chi connectivity index (χ0n) is 17.4. The van der Waals surface area contributed by atoms with Crippen LogP contribution in [-0.2, 0) is 29.2 Å². The molecule has 0 saturated carbocycles. The molecule has 0 spiro atoms. The van der Waals surface area contributed by atoms with Crippen LogP contribution in [0.15, 0.2) is 60.8 Å². The molecular weight excluding hydrogens is 514 g/mol. The van der Waals surface area contributed by atoms with Crippen LogP contribution < -0.4 is 10.0 Å². The van der Waals surface area contributed by atoms with E-state index in [2.05, 4.69) is 15.0 Å². The standard InChI is InChI=1S/C22H18Cl2F3N3O3S/c23-18-5-1-3-14(20(18)24)10-12-34(32,33)30-16-8-6-15(7-9-16)21(31)29-13-19-17(22(25,26)27)4-2-11-28-19/h1-9,11,30H,10,12-13H2,(H,29,31). The van der Waals surface area contributed by atoms with Crippen molar-refractivity contribution >= 4 is 44.8 Å². The quantitative estimate of drug-likeness (QED) is 0.411. The number of sulfonamides is 1. The summed E-state index contributed by atoms with van der Waals surface area (Å²) in [6.45, 7) is -0.422. The number of anilines is 1. The normalized spacial score (nSPS) is 11.8. The van der Waals surface area contributed by atoms with Crippen LogP contribution in [0.2, 0.25) is 10.0 Å². The molecule has 0 atom stereocenters. The molecular formula is C22H18Cl2F3N3O3S. The van der Waals surface area contributed by atoms with Crippen LogP contribution >= 0.6 is 23.2 Å². The zero-order chi connectivity index (χ0) is 24.9. The second-order valence-electron chi connectivity index (χ2n) is 7.14. The highest BCUT2D eigenvalue weighted by Crippen LogP contribution is 2.31. The second-order valence-corrected chi connectivity index (χ2v) is 9.77. The number of rotatable bonds is 8. The number of carbonyl (C=O) groups excluding carboxylic acids is 1. The smallest absolute Gasteiger partial charge is 0.346 e. The Hall–Kier alpha value is -2.82. The number of aromatic nitrogens is 1. The first kappa shape index (κ1) is 25.8. The topological polar surface area (TPSA) is 88.2 Å². The van der Waals surface area contributed by atoms with Crippen molar-refractivity contribution in [1.29, 1.82) is 0 Å². The summed E-state index contributed by atoms with van der Waals surface area (Å²) in [5.74, 6) is -0.884. The predicted molar refractivity (Wildman–Crippen MR) is 124 cm³/mol. The van der Waals surface area contributed by atoms with E-state index in [4.69, 9.17) is 23.2 Å². The van der Waals surface area contributed by atoms with Crippen molar-refractivity contribution in [2.45, 2.75) is 19.1 Å². The minimum absolute atomic E-state index is 0.137. The molecule has 2 N–H and O–H groups in total. The molecule has 0 aliphatic heterocycles. The highest BCUT2D eigenvalue weighted by Gasteiger charge is 2.33. The van der Waals surface area contributed by atoms with Crippen LogP contribution in [0.4, 0.5) is 18.9 Å². The number of carbonyl (C=O) groups is 1. The zero-order valence-corrected chi connectivity index (χ0v) is 19.7. The van der Waals surface area contributed by atoms with E-state index in [-0.39, 0.29) is 29.1 Å². The van der Waals surface area contributed by atoms with Crippen molar-refractivity contribution in [2.24, 2.45) is 0 Å². The largest absolute Gasteiger partial charge is 0.418 e. The summed E-state index contributed by atoms with van der Waals surface area (Å²) >= 11 is 12.0. The fourth-order valence-electron chi connectivity index (χ4n) is 3.01. The molecule has 180 valence electrons. The maximum Gasteiger partial charge on any atom is 0.418 e. The van der Waals surface area contributed by atoms with Gasteiger partial charge in [-0.3, -0.25) is 14.5 Å². The predicted octanol–water partition coefficient (Wildman–Crippen LogP) is 5.32. The summed E-state index contributed by atoms with van der Waals surface area (Å²) in [6.07, 6.45) is -3.24. The van der Waals surface area contributed by atoms with Gasteiger partial charge in [0.1, 0.15) is 0 Å². The van der Waals surface area contributed by atoms with Crippen molar-refractivity contribution in [2.75, 3.05) is 10.5 Å². The molecule has 0 saturated heterocycles. The number of aryl methyl sites for hydroxylation is 1. The van der Waals surface area contributed by atoms with Crippen LogP contribution in [-0.4, -0.2) is 25.1 Å². The van der Waals surface area contributed by atoms with Gasteiger partial charge in [-0.05, 0) is 54.4 Å². The summed E-state index contributed by atoms with van der Waals surface area (Å²) in [5, 5.41) is 3.00. The number of hydrogen-bond donors (Lipinski definition) is 2. The Bertz CT molecular complexity index is 1280. The maximum atomic E-state index is 13.0. The van der Waals surface area contributed by atoms with Crippen molar-refractivity contribution in [3.05, 3.63) is 93.2 Å². The van der Waals surface area contributed by atoms with Gasteiger partial charge in [-0.1, -0.05) is 35.3 Å². The van der Waals surface area contributed by atoms with Crippen molar-refractivity contribution in [3.63, 3.8) is 0 Å². The van der Waals surface area contributed by atoms with E-state index < -0.39 is 34.2 Å². The van der Waals surface area contributed by atoms with Gasteiger partial charge >= 0.3 is 6.18 Å². The SMILES string of the molecule is O=C(NCc1ncccc1C(F)(F)F)c1ccc(NS(=O)(=O)CCc2cccc(Cl)c2Cl)cc1. The Labute approximate surface area is 204 Å². The van der Waals surface area contributed by atoms with Crippen LogP contribution in [0, 0.1) is 0 Å². The minimum Gasteiger partial charge on any atom is -0.346 e. The van der Waals surface area contributed by atoms with Gasteiger partial charge in [-0.25, -0.2) is 8.42 Å². The molecule has 12 heteroatoms. The summed E-state index contributed by atoms with van der Waals surface area (Å²) in [6, 6.07) is 12.5. The number of amides is 1. The molecule has 6 nitrogen and oxygen atoms in total. The number of nitrogens with one attached hydrogen (secondary N) is 2. The number of nitrogens with zero attached hydrogens (tertiary/aromatic N) is 1. The molecule has 3 aromatic rings. The Morgan fingerprint density at radius 1 is 1.00 bits per heavy atom. The summed E-state index contributed by atoms with van der Waals surface area (Å²) in [5.41, 5.74) is -0.296. The fraction of sp³-hybridized carbons (Fsp3) is 0.182. The molecule has 1 amide bonds. The van der Waals surface area contributed by atoms with E-state index in [1.165, 1.54) is 30.5 Å². The third kappa shape index (κ3) is 6.85. The van der Waals surface area contributed by atoms with Gasteiger partial charge in [0.2, 0.25) is 10.0 Å². The number of alkyl halides is 3. The number of halogens is 5. The molecule has 1 heterocycles. The van der Waals surface area contributed by atoms with Crippen LogP contribution in [0.5, 0.6) is 0 Å². The van der Waals surface area contributed by atoms with Crippen LogP contribution in [0.3, 0.4) is 0 Å². The van der Waals surface area contributed by atoms with E-state index in [0.29, 0.717) is 15.6 Å². The monoisotopic (exact) mass is 531 g/mol. The van der Waals surface area contributed by atoms with Crippen molar-refractivity contribution in [3.8, 4) is 0 Å². The molecule has 34 heavy (non-hydrogen) atoms. The Balaban J connectivity index is 1.59. The molecule has 0 aliphatic carbocycles. The molecule has 2 aromatic carbocycles. The van der Waals surface area contributed by atoms with E-state index in [9.17, 15) is 26.4 Å². The van der Waals surface area contributed by atoms with E-state index in [0.717, 1.165) is 12.1 Å². The van der Waals surface area contributed by atoms with Gasteiger partial charge in [-0.15, -0.1) is 0 Å². The lowest BCUT2D eigenvalue weighted by molar-refractivity contribution is -0.138. The first-order chi connectivity index (χ1) is 16.0. The third-order valence-electron chi connectivity index (χ3n) is 4.70. The molecule has 0 bridgehead atoms. The first-order valence-electron chi connectivity index (χ1n) is 9.79.